The number of anilines is 1. The molecule has 0 amide bonds. The molecule has 0 aliphatic carbocycles. The summed E-state index contributed by atoms with van der Waals surface area (Å²) in [6, 6.07) is 1.18. The molecule has 20 heavy (non-hydrogen) atoms. The van der Waals surface area contributed by atoms with Crippen molar-refractivity contribution in [1.29, 1.82) is 0 Å². The second-order valence-electron chi connectivity index (χ2n) is 4.14. The van der Waals surface area contributed by atoms with Gasteiger partial charge in [-0.25, -0.2) is 9.78 Å². The van der Waals surface area contributed by atoms with Crippen molar-refractivity contribution in [3.05, 3.63) is 23.4 Å². The van der Waals surface area contributed by atoms with Gasteiger partial charge in [-0.05, 0) is 12.5 Å². The SMILES string of the molecule is CC(=O)SCCC(O)C(O)c1cc(C(=O)O)cnc1N. The van der Waals surface area contributed by atoms with Gasteiger partial charge in [0.1, 0.15) is 11.9 Å². The molecule has 1 aromatic heterocycles. The lowest BCUT2D eigenvalue weighted by Crippen LogP contribution is -2.21. The van der Waals surface area contributed by atoms with Gasteiger partial charge >= 0.3 is 5.97 Å². The molecule has 5 N–H and O–H groups in total. The second-order valence-corrected chi connectivity index (χ2v) is 5.42. The van der Waals surface area contributed by atoms with Gasteiger partial charge < -0.3 is 21.1 Å². The molecule has 1 aromatic rings. The molecule has 0 aliphatic heterocycles. The smallest absolute Gasteiger partial charge is 0.337 e. The zero-order chi connectivity index (χ0) is 15.3. The first-order chi connectivity index (χ1) is 9.32. The van der Waals surface area contributed by atoms with Gasteiger partial charge in [-0.3, -0.25) is 4.79 Å². The Balaban J connectivity index is 2.79. The van der Waals surface area contributed by atoms with Gasteiger partial charge in [-0.2, -0.15) is 0 Å². The van der Waals surface area contributed by atoms with Crippen LogP contribution in [0.1, 0.15) is 35.4 Å². The van der Waals surface area contributed by atoms with E-state index in [0.717, 1.165) is 18.0 Å². The van der Waals surface area contributed by atoms with Crippen LogP contribution in [0.15, 0.2) is 12.3 Å². The maximum absolute atomic E-state index is 10.8. The predicted octanol–water partition coefficient (Wildman–Crippen LogP) is 0.426. The van der Waals surface area contributed by atoms with E-state index in [0.29, 0.717) is 5.75 Å². The Kier molecular flexibility index (Phi) is 5.93. The van der Waals surface area contributed by atoms with Crippen molar-refractivity contribution in [2.75, 3.05) is 11.5 Å². The summed E-state index contributed by atoms with van der Waals surface area (Å²) in [5.74, 6) is -0.896. The van der Waals surface area contributed by atoms with Gasteiger partial charge in [-0.15, -0.1) is 0 Å². The largest absolute Gasteiger partial charge is 0.478 e. The summed E-state index contributed by atoms with van der Waals surface area (Å²) in [5.41, 5.74) is 5.50. The van der Waals surface area contributed by atoms with E-state index >= 15 is 0 Å². The predicted molar refractivity (Wildman–Crippen MR) is 74.3 cm³/mol. The number of nitrogen functional groups attached to an aromatic ring is 1. The summed E-state index contributed by atoms with van der Waals surface area (Å²) in [6.07, 6.45) is -1.27. The molecule has 0 spiro atoms. The Bertz CT molecular complexity index is 509. The summed E-state index contributed by atoms with van der Waals surface area (Å²) in [5, 5.41) is 28.6. The Labute approximate surface area is 119 Å². The lowest BCUT2D eigenvalue weighted by atomic mass is 10.0. The molecule has 8 heteroatoms. The second kappa shape index (κ2) is 7.22. The number of hydrogen-bond donors (Lipinski definition) is 4. The van der Waals surface area contributed by atoms with Gasteiger partial charge in [0, 0.05) is 24.4 Å². The third-order valence-electron chi connectivity index (χ3n) is 2.60. The van der Waals surface area contributed by atoms with E-state index in [1.54, 1.807) is 0 Å². The molecule has 1 heterocycles. The van der Waals surface area contributed by atoms with Crippen molar-refractivity contribution < 1.29 is 24.9 Å². The van der Waals surface area contributed by atoms with Gasteiger partial charge in [-0.1, -0.05) is 11.8 Å². The first-order valence-corrected chi connectivity index (χ1v) is 6.79. The monoisotopic (exact) mass is 300 g/mol. The Morgan fingerprint density at radius 1 is 1.45 bits per heavy atom. The van der Waals surface area contributed by atoms with Crippen molar-refractivity contribution in [3.8, 4) is 0 Å². The maximum atomic E-state index is 10.8. The molecular formula is C12H16N2O5S. The number of carboxylic acids is 1. The summed E-state index contributed by atoms with van der Waals surface area (Å²) in [7, 11) is 0. The lowest BCUT2D eigenvalue weighted by molar-refractivity contribution is -0.109. The molecule has 0 saturated heterocycles. The minimum absolute atomic E-state index is 0.0410. The number of aliphatic hydroxyl groups is 2. The highest BCUT2D eigenvalue weighted by atomic mass is 32.2. The highest BCUT2D eigenvalue weighted by Crippen LogP contribution is 2.25. The zero-order valence-corrected chi connectivity index (χ0v) is 11.6. The Hall–Kier alpha value is -1.64. The molecule has 2 unspecified atom stereocenters. The average Bonchev–Trinajstić information content (AvgIpc) is 2.37. The van der Waals surface area contributed by atoms with Crippen LogP contribution >= 0.6 is 11.8 Å². The van der Waals surface area contributed by atoms with Gasteiger partial charge in [0.2, 0.25) is 0 Å². The van der Waals surface area contributed by atoms with Crippen LogP contribution in [0.2, 0.25) is 0 Å². The molecule has 0 radical (unpaired) electrons. The number of aromatic carboxylic acids is 1. The lowest BCUT2D eigenvalue weighted by Gasteiger charge is -2.19. The summed E-state index contributed by atoms with van der Waals surface area (Å²) in [6.45, 7) is 1.41. The normalized spacial score (nSPS) is 13.8. The van der Waals surface area contributed by atoms with E-state index in [1.165, 1.54) is 13.0 Å². The third-order valence-corrected chi connectivity index (χ3v) is 3.44. The number of carbonyl (C=O) groups excluding carboxylic acids is 1. The highest BCUT2D eigenvalue weighted by Gasteiger charge is 2.22. The van der Waals surface area contributed by atoms with E-state index in [-0.39, 0.29) is 28.5 Å². The van der Waals surface area contributed by atoms with E-state index < -0.39 is 18.2 Å². The molecule has 0 saturated carbocycles. The molecule has 1 rings (SSSR count). The Morgan fingerprint density at radius 2 is 2.10 bits per heavy atom. The molecule has 110 valence electrons. The van der Waals surface area contributed by atoms with Gasteiger partial charge in [0.05, 0.1) is 11.7 Å². The number of thioether (sulfide) groups is 1. The molecule has 7 nitrogen and oxygen atoms in total. The fraction of sp³-hybridized carbons (Fsp3) is 0.417. The van der Waals surface area contributed by atoms with Crippen LogP contribution in [0.5, 0.6) is 0 Å². The minimum atomic E-state index is -1.35. The van der Waals surface area contributed by atoms with Gasteiger partial charge in [0.25, 0.3) is 0 Å². The number of carbonyl (C=O) groups is 2. The first kappa shape index (κ1) is 16.4. The number of aliphatic hydroxyl groups excluding tert-OH is 2. The van der Waals surface area contributed by atoms with Crippen LogP contribution < -0.4 is 5.73 Å². The standard InChI is InChI=1S/C12H16N2O5S/c1-6(15)20-3-2-9(16)10(17)8-4-7(12(18)19)5-14-11(8)13/h4-5,9-10,16-17H,2-3H2,1H3,(H2,13,14)(H,18,19). The molecule has 0 bridgehead atoms. The van der Waals surface area contributed by atoms with E-state index in [1.807, 2.05) is 0 Å². The first-order valence-electron chi connectivity index (χ1n) is 5.81. The van der Waals surface area contributed by atoms with Crippen molar-refractivity contribution >= 4 is 28.7 Å². The van der Waals surface area contributed by atoms with Crippen LogP contribution in [0.25, 0.3) is 0 Å². The molecule has 0 aliphatic rings. The number of hydrogen-bond acceptors (Lipinski definition) is 7. The van der Waals surface area contributed by atoms with Crippen molar-refractivity contribution in [1.82, 2.24) is 4.98 Å². The number of carboxylic acid groups (broad SMARTS) is 1. The summed E-state index contributed by atoms with van der Waals surface area (Å²) < 4.78 is 0. The van der Waals surface area contributed by atoms with E-state index in [9.17, 15) is 19.8 Å². The molecular weight excluding hydrogens is 284 g/mol. The summed E-state index contributed by atoms with van der Waals surface area (Å²) in [4.78, 5) is 25.3. The number of pyridine rings is 1. The van der Waals surface area contributed by atoms with Crippen molar-refractivity contribution in [2.24, 2.45) is 0 Å². The van der Waals surface area contributed by atoms with Gasteiger partial charge in [0.15, 0.2) is 5.12 Å². The number of nitrogens with two attached hydrogens (primary N) is 1. The Morgan fingerprint density at radius 3 is 2.65 bits per heavy atom. The zero-order valence-electron chi connectivity index (χ0n) is 10.8. The molecule has 2 atom stereocenters. The van der Waals surface area contributed by atoms with E-state index in [4.69, 9.17) is 10.8 Å². The van der Waals surface area contributed by atoms with Crippen LogP contribution in [0, 0.1) is 0 Å². The quantitative estimate of drug-likeness (QED) is 0.594. The van der Waals surface area contributed by atoms with Crippen LogP contribution in [-0.2, 0) is 4.79 Å². The van der Waals surface area contributed by atoms with Crippen LogP contribution in [0.3, 0.4) is 0 Å². The topological polar surface area (TPSA) is 134 Å². The van der Waals surface area contributed by atoms with Crippen molar-refractivity contribution in [2.45, 2.75) is 25.6 Å². The molecule has 0 fully saturated rings. The number of rotatable bonds is 6. The van der Waals surface area contributed by atoms with Crippen molar-refractivity contribution in [3.63, 3.8) is 0 Å². The number of aromatic nitrogens is 1. The average molecular weight is 300 g/mol. The minimum Gasteiger partial charge on any atom is -0.478 e. The van der Waals surface area contributed by atoms with Crippen LogP contribution in [0.4, 0.5) is 5.82 Å². The number of nitrogens with zero attached hydrogens (tertiary/aromatic N) is 1. The third kappa shape index (κ3) is 4.48. The van der Waals surface area contributed by atoms with Crippen LogP contribution in [-0.4, -0.2) is 43.2 Å². The molecule has 0 aromatic carbocycles. The fourth-order valence-electron chi connectivity index (χ4n) is 1.53. The fourth-order valence-corrected chi connectivity index (χ4v) is 2.18. The van der Waals surface area contributed by atoms with E-state index in [2.05, 4.69) is 4.98 Å². The highest BCUT2D eigenvalue weighted by molar-refractivity contribution is 8.13. The maximum Gasteiger partial charge on any atom is 0.337 e. The summed E-state index contributed by atoms with van der Waals surface area (Å²) >= 11 is 1.03.